The number of ether oxygens (including phenoxy) is 1. The molecule has 1 atom stereocenters. The van der Waals surface area contributed by atoms with Gasteiger partial charge in [-0.1, -0.05) is 30.3 Å². The van der Waals surface area contributed by atoms with Gasteiger partial charge in [0.2, 0.25) is 0 Å². The number of benzene rings is 1. The van der Waals surface area contributed by atoms with Crippen LogP contribution in [-0.4, -0.2) is 24.7 Å². The van der Waals surface area contributed by atoms with Gasteiger partial charge < -0.3 is 9.84 Å². The van der Waals surface area contributed by atoms with Crippen molar-refractivity contribution in [3.8, 4) is 0 Å². The maximum absolute atomic E-state index is 11.2. The van der Waals surface area contributed by atoms with Gasteiger partial charge in [-0.2, -0.15) is 0 Å². The van der Waals surface area contributed by atoms with Crippen molar-refractivity contribution in [1.29, 1.82) is 0 Å². The van der Waals surface area contributed by atoms with Crippen molar-refractivity contribution in [2.45, 2.75) is 6.54 Å². The van der Waals surface area contributed by atoms with Crippen molar-refractivity contribution < 1.29 is 14.3 Å². The summed E-state index contributed by atoms with van der Waals surface area (Å²) in [6, 6.07) is 10.2. The zero-order valence-corrected chi connectivity index (χ0v) is 8.85. The molecule has 80 valence electrons. The lowest BCUT2D eigenvalue weighted by Crippen LogP contribution is -2.44. The lowest BCUT2D eigenvalue weighted by atomic mass is 10.2. The van der Waals surface area contributed by atoms with Gasteiger partial charge in [0.25, 0.3) is 0 Å². The van der Waals surface area contributed by atoms with Crippen LogP contribution in [0.25, 0.3) is 0 Å². The van der Waals surface area contributed by atoms with Crippen LogP contribution in [0.2, 0.25) is 0 Å². The molecule has 1 unspecified atom stereocenters. The summed E-state index contributed by atoms with van der Waals surface area (Å²) in [6.45, 7) is 2.20. The summed E-state index contributed by atoms with van der Waals surface area (Å²) < 4.78 is 5.53. The van der Waals surface area contributed by atoms with Gasteiger partial charge in [-0.3, -0.25) is 4.48 Å². The highest BCUT2D eigenvalue weighted by atomic mass is 16.6. The van der Waals surface area contributed by atoms with Crippen molar-refractivity contribution in [2.75, 3.05) is 20.2 Å². The van der Waals surface area contributed by atoms with E-state index >= 15 is 0 Å². The third-order valence-electron chi connectivity index (χ3n) is 2.65. The largest absolute Gasteiger partial charge is 0.604 e. The lowest BCUT2D eigenvalue weighted by Gasteiger charge is -2.37. The molecule has 1 aliphatic heterocycles. The van der Waals surface area contributed by atoms with Crippen molar-refractivity contribution in [3.05, 3.63) is 48.0 Å². The Bertz CT molecular complexity index is 361. The van der Waals surface area contributed by atoms with Gasteiger partial charge in [-0.25, -0.2) is 0 Å². The number of likely N-dealkylation sites (N-methyl/N-ethyl adjacent to an activating group) is 1. The second kappa shape index (κ2) is 3.95. The van der Waals surface area contributed by atoms with E-state index in [1.54, 1.807) is 6.20 Å². The van der Waals surface area contributed by atoms with Gasteiger partial charge in [0.1, 0.15) is 18.7 Å². The predicted octanol–water partition coefficient (Wildman–Crippen LogP) is 0.823. The van der Waals surface area contributed by atoms with E-state index in [4.69, 9.17) is 4.74 Å². The van der Waals surface area contributed by atoms with Crippen LogP contribution in [0, 0.1) is 0 Å². The van der Waals surface area contributed by atoms with Crippen molar-refractivity contribution >= 4 is 0 Å². The quantitative estimate of drug-likeness (QED) is 0.670. The fourth-order valence-corrected chi connectivity index (χ4v) is 1.84. The van der Waals surface area contributed by atoms with E-state index in [1.807, 2.05) is 25.2 Å². The first-order valence-corrected chi connectivity index (χ1v) is 5.09. The minimum absolute atomic E-state index is 0.209. The van der Waals surface area contributed by atoms with E-state index in [9.17, 15) is 5.11 Å². The fourth-order valence-electron chi connectivity index (χ4n) is 1.84. The van der Waals surface area contributed by atoms with Crippen molar-refractivity contribution in [1.82, 2.24) is 0 Å². The molecule has 3 nitrogen and oxygen atoms in total. The standard InChI is InChI=1S/C12H15NO2/c1-13(7-8-15-12(14)10-13)9-11-5-3-2-4-6-11/h2-6,10H,7-9H2,1H3. The number of hydrogen-bond acceptors (Lipinski definition) is 2. The van der Waals surface area contributed by atoms with E-state index in [-0.39, 0.29) is 5.95 Å². The molecule has 1 heterocycles. The molecular formula is C12H15NO2. The Kier molecular flexibility index (Phi) is 2.64. The Morgan fingerprint density at radius 1 is 1.33 bits per heavy atom. The molecule has 2 rings (SSSR count). The molecule has 0 spiro atoms. The smallest absolute Gasteiger partial charge is 0.118 e. The Morgan fingerprint density at radius 2 is 2.07 bits per heavy atom. The first-order chi connectivity index (χ1) is 7.18. The van der Waals surface area contributed by atoms with E-state index in [1.165, 1.54) is 5.56 Å². The molecule has 1 aliphatic rings. The Labute approximate surface area is 89.8 Å². The normalized spacial score (nSPS) is 25.5. The maximum atomic E-state index is 11.2. The Morgan fingerprint density at radius 3 is 2.73 bits per heavy atom. The average Bonchev–Trinajstić information content (AvgIpc) is 2.18. The first-order valence-electron chi connectivity index (χ1n) is 5.09. The molecular weight excluding hydrogens is 190 g/mol. The molecule has 15 heavy (non-hydrogen) atoms. The summed E-state index contributed by atoms with van der Waals surface area (Å²) in [4.78, 5) is 0. The van der Waals surface area contributed by atoms with Crippen LogP contribution in [0.3, 0.4) is 0 Å². The molecule has 0 amide bonds. The van der Waals surface area contributed by atoms with E-state index in [2.05, 4.69) is 12.1 Å². The summed E-state index contributed by atoms with van der Waals surface area (Å²) in [7, 11) is 2.05. The van der Waals surface area contributed by atoms with Crippen LogP contribution in [0.4, 0.5) is 0 Å². The van der Waals surface area contributed by atoms with E-state index in [0.717, 1.165) is 13.1 Å². The van der Waals surface area contributed by atoms with Gasteiger partial charge in [-0.15, -0.1) is 0 Å². The topological polar surface area (TPSA) is 32.3 Å². The molecule has 0 saturated carbocycles. The minimum atomic E-state index is -0.209. The highest BCUT2D eigenvalue weighted by Gasteiger charge is 2.21. The lowest BCUT2D eigenvalue weighted by molar-refractivity contribution is -0.881. The van der Waals surface area contributed by atoms with Crippen LogP contribution < -0.4 is 5.11 Å². The van der Waals surface area contributed by atoms with Crippen molar-refractivity contribution in [2.24, 2.45) is 0 Å². The number of rotatable bonds is 2. The molecule has 0 N–H and O–H groups in total. The van der Waals surface area contributed by atoms with E-state index in [0.29, 0.717) is 11.1 Å². The molecule has 3 heteroatoms. The second-order valence-corrected chi connectivity index (χ2v) is 4.14. The summed E-state index contributed by atoms with van der Waals surface area (Å²) in [5, 5.41) is 11.2. The highest BCUT2D eigenvalue weighted by molar-refractivity contribution is 5.13. The first kappa shape index (κ1) is 10.1. The van der Waals surface area contributed by atoms with Crippen LogP contribution in [0.15, 0.2) is 42.5 Å². The second-order valence-electron chi connectivity index (χ2n) is 4.14. The van der Waals surface area contributed by atoms with Crippen LogP contribution in [-0.2, 0) is 11.3 Å². The summed E-state index contributed by atoms with van der Waals surface area (Å²) >= 11 is 0. The molecule has 1 aromatic rings. The maximum Gasteiger partial charge on any atom is 0.118 e. The molecule has 0 bridgehead atoms. The third-order valence-corrected chi connectivity index (χ3v) is 2.65. The predicted molar refractivity (Wildman–Crippen MR) is 55.2 cm³/mol. The van der Waals surface area contributed by atoms with Gasteiger partial charge >= 0.3 is 0 Å². The monoisotopic (exact) mass is 205 g/mol. The molecule has 1 aromatic carbocycles. The number of quaternary nitrogens is 1. The molecule has 0 aliphatic carbocycles. The Hall–Kier alpha value is -1.48. The Balaban J connectivity index is 2.14. The zero-order chi connectivity index (χ0) is 10.7. The van der Waals surface area contributed by atoms with Crippen LogP contribution >= 0.6 is 0 Å². The van der Waals surface area contributed by atoms with Gasteiger partial charge in [0, 0.05) is 12.2 Å². The van der Waals surface area contributed by atoms with Crippen LogP contribution in [0.5, 0.6) is 0 Å². The molecule has 0 aromatic heterocycles. The highest BCUT2D eigenvalue weighted by Crippen LogP contribution is 2.16. The molecule has 0 saturated heterocycles. The molecule has 0 radical (unpaired) electrons. The van der Waals surface area contributed by atoms with Crippen LogP contribution in [0.1, 0.15) is 5.56 Å². The minimum Gasteiger partial charge on any atom is -0.604 e. The average molecular weight is 205 g/mol. The third kappa shape index (κ3) is 2.50. The van der Waals surface area contributed by atoms with Gasteiger partial charge in [-0.05, 0) is 0 Å². The SMILES string of the molecule is C[N+]1(Cc2ccccc2)C=C([O-])OCC1. The van der Waals surface area contributed by atoms with Crippen molar-refractivity contribution in [3.63, 3.8) is 0 Å². The molecule has 0 fully saturated rings. The summed E-state index contributed by atoms with van der Waals surface area (Å²) in [5.74, 6) is -0.209. The van der Waals surface area contributed by atoms with Gasteiger partial charge in [0.05, 0.1) is 13.6 Å². The summed E-state index contributed by atoms with van der Waals surface area (Å²) in [6.07, 6.45) is 1.65. The number of hydrogen-bond donors (Lipinski definition) is 0. The zero-order valence-electron chi connectivity index (χ0n) is 8.85. The van der Waals surface area contributed by atoms with Gasteiger partial charge in [0.15, 0.2) is 0 Å². The number of nitrogens with zero attached hydrogens (tertiary/aromatic N) is 1. The fraction of sp³-hybridized carbons (Fsp3) is 0.333. The summed E-state index contributed by atoms with van der Waals surface area (Å²) in [5.41, 5.74) is 1.24. The van der Waals surface area contributed by atoms with E-state index < -0.39 is 0 Å².